The molecule has 1 unspecified atom stereocenters. The van der Waals surface area contributed by atoms with E-state index in [-0.39, 0.29) is 5.54 Å². The Labute approximate surface area is 77.3 Å². The molecule has 12 heavy (non-hydrogen) atoms. The molecule has 0 aromatic heterocycles. The van der Waals surface area contributed by atoms with Crippen molar-refractivity contribution in [3.63, 3.8) is 0 Å². The van der Waals surface area contributed by atoms with Gasteiger partial charge in [-0.05, 0) is 45.7 Å². The Bertz CT molecular complexity index is 130. The number of nitrogens with zero attached hydrogens (tertiary/aromatic N) is 1. The molecule has 0 N–H and O–H groups in total. The van der Waals surface area contributed by atoms with Crippen LogP contribution in [-0.4, -0.2) is 11.8 Å². The minimum atomic E-state index is 0.107. The minimum Gasteiger partial charge on any atom is -0.292 e. The van der Waals surface area contributed by atoms with Gasteiger partial charge in [0.15, 0.2) is 0 Å². The lowest BCUT2D eigenvalue weighted by Gasteiger charge is -2.11. The fraction of sp³-hybridized carbons (Fsp3) is 0.909. The SMILES string of the molecule is CCC(C)CCC=NC(C)(C)C. The molecule has 0 aliphatic rings. The highest BCUT2D eigenvalue weighted by atomic mass is 14.8. The molecular weight excluding hydrogens is 146 g/mol. The maximum Gasteiger partial charge on any atom is 0.0520 e. The normalized spacial score (nSPS) is 15.4. The van der Waals surface area contributed by atoms with E-state index < -0.39 is 0 Å². The topological polar surface area (TPSA) is 12.4 Å². The maximum atomic E-state index is 4.44. The third-order valence-electron chi connectivity index (χ3n) is 1.96. The Hall–Kier alpha value is -0.330. The zero-order valence-electron chi connectivity index (χ0n) is 9.22. The predicted molar refractivity (Wildman–Crippen MR) is 56.9 cm³/mol. The van der Waals surface area contributed by atoms with Gasteiger partial charge in [0.25, 0.3) is 0 Å². The summed E-state index contributed by atoms with van der Waals surface area (Å²) in [5.74, 6) is 0.844. The van der Waals surface area contributed by atoms with Crippen molar-refractivity contribution in [2.75, 3.05) is 0 Å². The molecule has 72 valence electrons. The van der Waals surface area contributed by atoms with Gasteiger partial charge in [-0.15, -0.1) is 0 Å². The fourth-order valence-electron chi connectivity index (χ4n) is 0.902. The van der Waals surface area contributed by atoms with E-state index in [9.17, 15) is 0 Å². The number of hydrogen-bond donors (Lipinski definition) is 0. The van der Waals surface area contributed by atoms with Gasteiger partial charge in [0.05, 0.1) is 5.54 Å². The van der Waals surface area contributed by atoms with Crippen LogP contribution >= 0.6 is 0 Å². The molecule has 0 spiro atoms. The van der Waals surface area contributed by atoms with Crippen molar-refractivity contribution in [1.29, 1.82) is 0 Å². The average molecular weight is 169 g/mol. The van der Waals surface area contributed by atoms with Gasteiger partial charge >= 0.3 is 0 Å². The van der Waals surface area contributed by atoms with Crippen LogP contribution < -0.4 is 0 Å². The fourth-order valence-corrected chi connectivity index (χ4v) is 0.902. The molecule has 0 aliphatic heterocycles. The maximum absolute atomic E-state index is 4.44. The van der Waals surface area contributed by atoms with Crippen molar-refractivity contribution in [1.82, 2.24) is 0 Å². The monoisotopic (exact) mass is 169 g/mol. The summed E-state index contributed by atoms with van der Waals surface area (Å²) in [7, 11) is 0. The second-order valence-corrected chi connectivity index (χ2v) is 4.57. The van der Waals surface area contributed by atoms with Crippen LogP contribution in [0.15, 0.2) is 4.99 Å². The summed E-state index contributed by atoms with van der Waals surface area (Å²) < 4.78 is 0. The van der Waals surface area contributed by atoms with Crippen molar-refractivity contribution >= 4 is 6.21 Å². The van der Waals surface area contributed by atoms with Gasteiger partial charge in [0.2, 0.25) is 0 Å². The first-order chi connectivity index (χ1) is 5.45. The van der Waals surface area contributed by atoms with E-state index in [2.05, 4.69) is 45.8 Å². The summed E-state index contributed by atoms with van der Waals surface area (Å²) in [6, 6.07) is 0. The minimum absolute atomic E-state index is 0.107. The molecular formula is C11H23N. The molecule has 0 bridgehead atoms. The zero-order valence-corrected chi connectivity index (χ0v) is 9.22. The van der Waals surface area contributed by atoms with Gasteiger partial charge in [-0.1, -0.05) is 20.3 Å². The first-order valence-electron chi connectivity index (χ1n) is 4.99. The van der Waals surface area contributed by atoms with Crippen LogP contribution in [0.5, 0.6) is 0 Å². The van der Waals surface area contributed by atoms with Gasteiger partial charge in [0.1, 0.15) is 0 Å². The summed E-state index contributed by atoms with van der Waals surface area (Å²) >= 11 is 0. The third kappa shape index (κ3) is 7.77. The summed E-state index contributed by atoms with van der Waals surface area (Å²) in [5, 5.41) is 0. The highest BCUT2D eigenvalue weighted by Crippen LogP contribution is 2.09. The van der Waals surface area contributed by atoms with Crippen LogP contribution in [0.4, 0.5) is 0 Å². The van der Waals surface area contributed by atoms with Crippen LogP contribution in [0.25, 0.3) is 0 Å². The molecule has 1 nitrogen and oxygen atoms in total. The second kappa shape index (κ2) is 5.34. The molecule has 0 heterocycles. The van der Waals surface area contributed by atoms with Crippen molar-refractivity contribution in [2.24, 2.45) is 10.9 Å². The first-order valence-corrected chi connectivity index (χ1v) is 4.99. The van der Waals surface area contributed by atoms with Gasteiger partial charge in [-0.2, -0.15) is 0 Å². The molecule has 1 atom stereocenters. The van der Waals surface area contributed by atoms with E-state index in [0.717, 1.165) is 12.3 Å². The van der Waals surface area contributed by atoms with Crippen LogP contribution in [-0.2, 0) is 0 Å². The van der Waals surface area contributed by atoms with Gasteiger partial charge in [-0.3, -0.25) is 4.99 Å². The van der Waals surface area contributed by atoms with Crippen molar-refractivity contribution in [3.05, 3.63) is 0 Å². The first kappa shape index (κ1) is 11.7. The highest BCUT2D eigenvalue weighted by Gasteiger charge is 2.04. The second-order valence-electron chi connectivity index (χ2n) is 4.57. The van der Waals surface area contributed by atoms with E-state index in [1.165, 1.54) is 12.8 Å². The quantitative estimate of drug-likeness (QED) is 0.569. The van der Waals surface area contributed by atoms with E-state index in [1.807, 2.05) is 0 Å². The van der Waals surface area contributed by atoms with Gasteiger partial charge in [-0.25, -0.2) is 0 Å². The standard InChI is InChI=1S/C11H23N/c1-6-10(2)8-7-9-12-11(3,4)5/h9-10H,6-8H2,1-5H3. The predicted octanol–water partition coefficient (Wildman–Crippen LogP) is 3.68. The van der Waals surface area contributed by atoms with Crippen molar-refractivity contribution in [2.45, 2.75) is 59.4 Å². The summed E-state index contributed by atoms with van der Waals surface area (Å²) in [5.41, 5.74) is 0.107. The van der Waals surface area contributed by atoms with Crippen LogP contribution in [0.2, 0.25) is 0 Å². The molecule has 0 fully saturated rings. The Kier molecular flexibility index (Phi) is 5.19. The van der Waals surface area contributed by atoms with E-state index in [0.29, 0.717) is 0 Å². The summed E-state index contributed by atoms with van der Waals surface area (Å²) in [4.78, 5) is 4.44. The lowest BCUT2D eigenvalue weighted by molar-refractivity contribution is 0.526. The van der Waals surface area contributed by atoms with Crippen LogP contribution in [0.1, 0.15) is 53.9 Å². The molecule has 0 saturated heterocycles. The Morgan fingerprint density at radius 1 is 1.33 bits per heavy atom. The summed E-state index contributed by atoms with van der Waals surface area (Å²) in [6.45, 7) is 10.9. The van der Waals surface area contributed by atoms with E-state index in [4.69, 9.17) is 0 Å². The molecule has 0 rings (SSSR count). The van der Waals surface area contributed by atoms with Crippen LogP contribution in [0, 0.1) is 5.92 Å². The molecule has 0 aromatic rings. The number of aliphatic imine (C=N–C) groups is 1. The van der Waals surface area contributed by atoms with Gasteiger partial charge in [0, 0.05) is 0 Å². The average Bonchev–Trinajstić information content (AvgIpc) is 1.96. The smallest absolute Gasteiger partial charge is 0.0520 e. The largest absolute Gasteiger partial charge is 0.292 e. The Morgan fingerprint density at radius 2 is 1.92 bits per heavy atom. The molecule has 0 aliphatic carbocycles. The summed E-state index contributed by atoms with van der Waals surface area (Å²) in [6.07, 6.45) is 5.76. The van der Waals surface area contributed by atoms with Gasteiger partial charge < -0.3 is 0 Å². The Morgan fingerprint density at radius 3 is 2.33 bits per heavy atom. The molecule has 0 aromatic carbocycles. The van der Waals surface area contributed by atoms with E-state index in [1.54, 1.807) is 0 Å². The molecule has 0 amide bonds. The number of hydrogen-bond acceptors (Lipinski definition) is 1. The zero-order chi connectivity index (χ0) is 9.61. The molecule has 0 saturated carbocycles. The molecule has 1 heteroatoms. The number of rotatable bonds is 4. The lowest BCUT2D eigenvalue weighted by Crippen LogP contribution is -2.09. The van der Waals surface area contributed by atoms with Crippen molar-refractivity contribution in [3.8, 4) is 0 Å². The van der Waals surface area contributed by atoms with E-state index >= 15 is 0 Å². The van der Waals surface area contributed by atoms with Crippen molar-refractivity contribution < 1.29 is 0 Å². The Balaban J connectivity index is 3.49. The highest BCUT2D eigenvalue weighted by molar-refractivity contribution is 5.57. The lowest BCUT2D eigenvalue weighted by atomic mass is 10.0. The molecule has 0 radical (unpaired) electrons. The van der Waals surface area contributed by atoms with Crippen LogP contribution in [0.3, 0.4) is 0 Å². The third-order valence-corrected chi connectivity index (χ3v) is 1.96.